The van der Waals surface area contributed by atoms with Crippen molar-refractivity contribution in [3.63, 3.8) is 0 Å². The molecule has 1 heteroatoms. The first-order valence-corrected chi connectivity index (χ1v) is 31.3. The molecule has 0 nitrogen and oxygen atoms in total. The summed E-state index contributed by atoms with van der Waals surface area (Å²) in [4.78, 5) is 0. The molecule has 2 unspecified atom stereocenters. The number of hydrogen-bond donors (Lipinski definition) is 0. The van der Waals surface area contributed by atoms with Gasteiger partial charge in [-0.25, -0.2) is 0 Å². The van der Waals surface area contributed by atoms with E-state index in [1.165, 1.54) is 76.6 Å². The maximum atomic E-state index is 2.85. The second-order valence-corrected chi connectivity index (χ2v) is 43.5. The van der Waals surface area contributed by atoms with Crippen LogP contribution in [0.5, 0.6) is 0 Å². The standard InChI is InChI=1S/2C19H19.C6H10.2CH3.Hf/c2*1-19(2,3)16-12-10-15(11-13-16)18-9-5-7-14-6-4-8-17(14)18;1-2-4-6-5-3-1;;;/h2*4-13H,1-3H3;1-5H2;2*1H3;. The van der Waals surface area contributed by atoms with Gasteiger partial charge in [-0.15, -0.1) is 0 Å². The zero-order valence-corrected chi connectivity index (χ0v) is 33.7. The van der Waals surface area contributed by atoms with Crippen LogP contribution in [0, 0.1) is 0 Å². The van der Waals surface area contributed by atoms with Gasteiger partial charge >= 0.3 is 287 Å². The van der Waals surface area contributed by atoms with Crippen LogP contribution in [0.2, 0.25) is 9.36 Å². The summed E-state index contributed by atoms with van der Waals surface area (Å²) in [6.07, 6.45) is 17.1. The third-order valence-corrected chi connectivity index (χ3v) is 39.7. The molecule has 2 atom stereocenters. The molecule has 47 heavy (non-hydrogen) atoms. The minimum absolute atomic E-state index is 0.158. The fourth-order valence-corrected chi connectivity index (χ4v) is 34.5. The van der Waals surface area contributed by atoms with E-state index >= 15 is 0 Å². The van der Waals surface area contributed by atoms with Crippen LogP contribution in [0.4, 0.5) is 0 Å². The summed E-state index contributed by atoms with van der Waals surface area (Å²) in [5.41, 5.74) is 14.6. The van der Waals surface area contributed by atoms with E-state index in [2.05, 4.69) is 160 Å². The number of fused-ring (bicyclic) bond motifs is 2. The molecule has 1 fully saturated rings. The summed E-state index contributed by atoms with van der Waals surface area (Å²) in [6, 6.07) is 33.1. The van der Waals surface area contributed by atoms with Gasteiger partial charge in [0.15, 0.2) is 0 Å². The Morgan fingerprint density at radius 3 is 1.30 bits per heavy atom. The summed E-state index contributed by atoms with van der Waals surface area (Å²) in [6.45, 7) is 13.8. The number of hydrogen-bond acceptors (Lipinski definition) is 0. The van der Waals surface area contributed by atoms with Crippen molar-refractivity contribution < 1.29 is 18.0 Å². The van der Waals surface area contributed by atoms with Crippen molar-refractivity contribution in [1.29, 1.82) is 0 Å². The zero-order chi connectivity index (χ0) is 33.2. The van der Waals surface area contributed by atoms with E-state index in [0.717, 1.165) is 0 Å². The summed E-state index contributed by atoms with van der Waals surface area (Å²) in [5, 5.41) is 0. The first-order valence-electron chi connectivity index (χ1n) is 18.2. The van der Waals surface area contributed by atoms with E-state index in [1.807, 2.05) is 3.26 Å². The molecule has 4 aromatic carbocycles. The van der Waals surface area contributed by atoms with Gasteiger partial charge in [-0.1, -0.05) is 0 Å². The second kappa shape index (κ2) is 11.6. The zero-order valence-electron chi connectivity index (χ0n) is 30.1. The molecule has 0 spiro atoms. The number of allylic oxidation sites excluding steroid dienone is 2. The first kappa shape index (κ1) is 32.6. The van der Waals surface area contributed by atoms with Gasteiger partial charge in [0.05, 0.1) is 0 Å². The van der Waals surface area contributed by atoms with Crippen LogP contribution in [0.3, 0.4) is 0 Å². The van der Waals surface area contributed by atoms with Crippen molar-refractivity contribution >= 4 is 15.4 Å². The predicted molar refractivity (Wildman–Crippen MR) is 205 cm³/mol. The Bertz CT molecular complexity index is 1820. The average Bonchev–Trinajstić information content (AvgIpc) is 3.71. The van der Waals surface area contributed by atoms with Crippen molar-refractivity contribution in [1.82, 2.24) is 0 Å². The van der Waals surface area contributed by atoms with E-state index in [1.54, 1.807) is 11.1 Å². The van der Waals surface area contributed by atoms with Crippen molar-refractivity contribution in [2.24, 2.45) is 0 Å². The molecule has 3 aliphatic carbocycles. The topological polar surface area (TPSA) is 0 Å². The van der Waals surface area contributed by atoms with Crippen molar-refractivity contribution in [3.05, 3.63) is 130 Å². The third-order valence-electron chi connectivity index (χ3n) is 12.5. The Morgan fingerprint density at radius 1 is 0.511 bits per heavy atom. The fourth-order valence-electron chi connectivity index (χ4n) is 9.43. The van der Waals surface area contributed by atoms with Gasteiger partial charge < -0.3 is 0 Å². The summed E-state index contributed by atoms with van der Waals surface area (Å²) >= 11 is -3.99. The van der Waals surface area contributed by atoms with Gasteiger partial charge in [-0.3, -0.25) is 0 Å². The van der Waals surface area contributed by atoms with E-state index in [-0.39, 0.29) is 10.8 Å². The SMILES string of the molecule is CC(C)(C)c1ccc(-c2cccc3c2C=C[CH]3[Hf]([CH3])([CH3])(=[C]2CCCCC2)[CH]2C=Cc3c(-c4ccc(C(C)(C)C)cc4)cccc32)cc1. The second-order valence-electron chi connectivity index (χ2n) is 17.7. The van der Waals surface area contributed by atoms with Crippen LogP contribution < -0.4 is 0 Å². The van der Waals surface area contributed by atoms with Gasteiger partial charge in [0.25, 0.3) is 0 Å². The summed E-state index contributed by atoms with van der Waals surface area (Å²) in [5.74, 6) is 0. The molecular formula is C46H54Hf. The quantitative estimate of drug-likeness (QED) is 0.181. The molecule has 0 radical (unpaired) electrons. The molecule has 0 aliphatic heterocycles. The van der Waals surface area contributed by atoms with Crippen LogP contribution >= 0.6 is 0 Å². The Balaban J connectivity index is 1.35. The summed E-state index contributed by atoms with van der Waals surface area (Å²) in [7, 11) is 0. The van der Waals surface area contributed by atoms with Crippen LogP contribution in [0.1, 0.15) is 114 Å². The van der Waals surface area contributed by atoms with Crippen LogP contribution in [0.25, 0.3) is 34.4 Å². The molecule has 242 valence electrons. The predicted octanol–water partition coefficient (Wildman–Crippen LogP) is 13.4. The van der Waals surface area contributed by atoms with Crippen molar-refractivity contribution in [2.45, 2.75) is 101 Å². The van der Waals surface area contributed by atoms with Gasteiger partial charge in [-0.2, -0.15) is 0 Å². The maximum absolute atomic E-state index is 3.99. The van der Waals surface area contributed by atoms with Crippen LogP contribution in [-0.2, 0) is 28.8 Å². The molecule has 4 aromatic rings. The molecular weight excluding hydrogens is 731 g/mol. The van der Waals surface area contributed by atoms with Gasteiger partial charge in [-0.05, 0) is 0 Å². The monoisotopic (exact) mass is 786 g/mol. The normalized spacial score (nSPS) is 19.6. The Hall–Kier alpha value is -2.90. The molecule has 0 aromatic heterocycles. The van der Waals surface area contributed by atoms with Crippen molar-refractivity contribution in [2.75, 3.05) is 0 Å². The molecule has 7 rings (SSSR count). The van der Waals surface area contributed by atoms with Crippen LogP contribution in [-0.4, -0.2) is 3.26 Å². The Kier molecular flexibility index (Phi) is 8.07. The van der Waals surface area contributed by atoms with Crippen LogP contribution in [0.15, 0.2) is 97.1 Å². The van der Waals surface area contributed by atoms with Gasteiger partial charge in [0.1, 0.15) is 0 Å². The first-order chi connectivity index (χ1) is 22.3. The van der Waals surface area contributed by atoms with E-state index in [0.29, 0.717) is 7.35 Å². The molecule has 0 heterocycles. The number of rotatable bonds is 4. The fraction of sp³-hybridized carbons (Fsp3) is 0.370. The molecule has 3 aliphatic rings. The van der Waals surface area contributed by atoms with Gasteiger partial charge in [0.2, 0.25) is 0 Å². The Morgan fingerprint density at radius 2 is 0.915 bits per heavy atom. The molecule has 0 bridgehead atoms. The Labute approximate surface area is 285 Å². The third kappa shape index (κ3) is 5.50. The molecule has 0 amide bonds. The van der Waals surface area contributed by atoms with E-state index in [4.69, 9.17) is 0 Å². The summed E-state index contributed by atoms with van der Waals surface area (Å²) < 4.78 is 8.69. The van der Waals surface area contributed by atoms with Gasteiger partial charge in [0, 0.05) is 0 Å². The molecule has 0 N–H and O–H groups in total. The average molecular weight is 785 g/mol. The number of benzene rings is 4. The molecule has 0 saturated heterocycles. The molecule has 1 saturated carbocycles. The van der Waals surface area contributed by atoms with Crippen molar-refractivity contribution in [3.8, 4) is 22.3 Å². The van der Waals surface area contributed by atoms with E-state index in [9.17, 15) is 0 Å². The minimum atomic E-state index is -3.99. The van der Waals surface area contributed by atoms with E-state index < -0.39 is 18.0 Å².